The fourth-order valence-electron chi connectivity index (χ4n) is 2.59. The van der Waals surface area contributed by atoms with Gasteiger partial charge in [-0.1, -0.05) is 25.7 Å². The molecule has 0 radical (unpaired) electrons. The van der Waals surface area contributed by atoms with Crippen LogP contribution in [0.15, 0.2) is 0 Å². The summed E-state index contributed by atoms with van der Waals surface area (Å²) in [7, 11) is 0. The van der Waals surface area contributed by atoms with Gasteiger partial charge >= 0.3 is 0 Å². The van der Waals surface area contributed by atoms with Crippen molar-refractivity contribution in [3.63, 3.8) is 0 Å². The van der Waals surface area contributed by atoms with Gasteiger partial charge in [-0.05, 0) is 38.8 Å². The highest BCUT2D eigenvalue weighted by Gasteiger charge is 2.34. The molecular formula is C14H30N4O2. The summed E-state index contributed by atoms with van der Waals surface area (Å²) in [5.41, 5.74) is 21.2. The number of hydrogen-bond donors (Lipinski definition) is 4. The van der Waals surface area contributed by atoms with Gasteiger partial charge in [0.25, 0.3) is 0 Å². The molecule has 20 heavy (non-hydrogen) atoms. The molecule has 0 heterocycles. The van der Waals surface area contributed by atoms with E-state index in [-0.39, 0.29) is 11.8 Å². The Morgan fingerprint density at radius 1 is 0.750 bits per heavy atom. The van der Waals surface area contributed by atoms with E-state index in [1.807, 2.05) is 0 Å². The first-order valence-corrected chi connectivity index (χ1v) is 7.47. The Labute approximate surface area is 121 Å². The van der Waals surface area contributed by atoms with E-state index in [9.17, 15) is 9.59 Å². The SMILES string of the molecule is NCCC(CCN)(CCCCCCCC(N)=O)C(N)=O. The lowest BCUT2D eigenvalue weighted by molar-refractivity contribution is -0.129. The summed E-state index contributed by atoms with van der Waals surface area (Å²) in [4.78, 5) is 22.3. The molecule has 0 saturated heterocycles. The first kappa shape index (κ1) is 18.9. The van der Waals surface area contributed by atoms with Crippen LogP contribution in [0.25, 0.3) is 0 Å². The number of carbonyl (C=O) groups is 2. The lowest BCUT2D eigenvalue weighted by Crippen LogP contribution is -2.40. The van der Waals surface area contributed by atoms with Crippen LogP contribution in [0, 0.1) is 5.41 Å². The second-order valence-corrected chi connectivity index (χ2v) is 5.46. The lowest BCUT2D eigenvalue weighted by Gasteiger charge is -2.30. The molecule has 0 aliphatic rings. The zero-order valence-corrected chi connectivity index (χ0v) is 12.4. The van der Waals surface area contributed by atoms with Gasteiger partial charge in [0.15, 0.2) is 0 Å². The first-order valence-electron chi connectivity index (χ1n) is 7.47. The van der Waals surface area contributed by atoms with Gasteiger partial charge < -0.3 is 22.9 Å². The molecule has 0 atom stereocenters. The molecule has 0 aromatic heterocycles. The average molecular weight is 286 g/mol. The van der Waals surface area contributed by atoms with Crippen LogP contribution < -0.4 is 22.9 Å². The van der Waals surface area contributed by atoms with Crippen molar-refractivity contribution in [2.45, 2.75) is 57.8 Å². The summed E-state index contributed by atoms with van der Waals surface area (Å²) in [6.07, 6.45) is 7.19. The maximum atomic E-state index is 11.7. The van der Waals surface area contributed by atoms with E-state index in [0.29, 0.717) is 32.4 Å². The second kappa shape index (κ2) is 10.6. The molecule has 0 aromatic rings. The van der Waals surface area contributed by atoms with Crippen molar-refractivity contribution < 1.29 is 9.59 Å². The molecule has 0 rings (SSSR count). The summed E-state index contributed by atoms with van der Waals surface area (Å²) in [5, 5.41) is 0. The van der Waals surface area contributed by atoms with E-state index >= 15 is 0 Å². The van der Waals surface area contributed by atoms with Crippen LogP contribution in [0.3, 0.4) is 0 Å². The fraction of sp³-hybridized carbons (Fsp3) is 0.857. The molecule has 0 fully saturated rings. The van der Waals surface area contributed by atoms with E-state index in [4.69, 9.17) is 22.9 Å². The fourth-order valence-corrected chi connectivity index (χ4v) is 2.59. The van der Waals surface area contributed by atoms with Crippen LogP contribution in [0.5, 0.6) is 0 Å². The smallest absolute Gasteiger partial charge is 0.223 e. The van der Waals surface area contributed by atoms with E-state index < -0.39 is 5.41 Å². The average Bonchev–Trinajstić information content (AvgIpc) is 2.37. The predicted molar refractivity (Wildman–Crippen MR) is 80.5 cm³/mol. The Bertz CT molecular complexity index is 289. The summed E-state index contributed by atoms with van der Waals surface area (Å²) in [5.74, 6) is -0.536. The molecule has 0 spiro atoms. The van der Waals surface area contributed by atoms with Gasteiger partial charge in [-0.25, -0.2) is 0 Å². The van der Waals surface area contributed by atoms with Crippen molar-refractivity contribution in [2.24, 2.45) is 28.3 Å². The number of carbonyl (C=O) groups excluding carboxylic acids is 2. The molecule has 118 valence electrons. The van der Waals surface area contributed by atoms with Crippen LogP contribution >= 0.6 is 0 Å². The molecule has 2 amide bonds. The minimum Gasteiger partial charge on any atom is -0.370 e. The number of rotatable bonds is 13. The molecule has 0 unspecified atom stereocenters. The second-order valence-electron chi connectivity index (χ2n) is 5.46. The van der Waals surface area contributed by atoms with Crippen LogP contribution in [0.2, 0.25) is 0 Å². The molecule has 0 aliphatic heterocycles. The minimum atomic E-state index is -0.545. The number of unbranched alkanes of at least 4 members (excludes halogenated alkanes) is 4. The van der Waals surface area contributed by atoms with Gasteiger partial charge in [0.1, 0.15) is 0 Å². The number of hydrogen-bond acceptors (Lipinski definition) is 4. The third-order valence-electron chi connectivity index (χ3n) is 3.85. The zero-order valence-electron chi connectivity index (χ0n) is 12.4. The Hall–Kier alpha value is -1.14. The number of nitrogens with two attached hydrogens (primary N) is 4. The highest BCUT2D eigenvalue weighted by molar-refractivity contribution is 5.80. The summed E-state index contributed by atoms with van der Waals surface area (Å²) in [6, 6.07) is 0. The molecule has 6 heteroatoms. The standard InChI is InChI=1S/C14H30N4O2/c15-10-8-14(9-11-16,13(18)20)7-5-3-1-2-4-6-12(17)19/h1-11,15-16H2,(H2,17,19)(H2,18,20). The highest BCUT2D eigenvalue weighted by Crippen LogP contribution is 2.32. The third kappa shape index (κ3) is 7.45. The third-order valence-corrected chi connectivity index (χ3v) is 3.85. The van der Waals surface area contributed by atoms with Gasteiger partial charge in [0.05, 0.1) is 5.41 Å². The maximum absolute atomic E-state index is 11.7. The Kier molecular flexibility index (Phi) is 10.0. The number of primary amides is 2. The van der Waals surface area contributed by atoms with Gasteiger partial charge in [-0.3, -0.25) is 9.59 Å². The van der Waals surface area contributed by atoms with Crippen LogP contribution in [0.4, 0.5) is 0 Å². The van der Waals surface area contributed by atoms with E-state index in [2.05, 4.69) is 0 Å². The summed E-state index contributed by atoms with van der Waals surface area (Å²) < 4.78 is 0. The van der Waals surface area contributed by atoms with E-state index in [1.54, 1.807) is 0 Å². The van der Waals surface area contributed by atoms with Gasteiger partial charge in [-0.15, -0.1) is 0 Å². The van der Waals surface area contributed by atoms with Crippen LogP contribution in [-0.2, 0) is 9.59 Å². The lowest BCUT2D eigenvalue weighted by atomic mass is 9.76. The van der Waals surface area contributed by atoms with Crippen molar-refractivity contribution >= 4 is 11.8 Å². The highest BCUT2D eigenvalue weighted by atomic mass is 16.1. The van der Waals surface area contributed by atoms with Crippen LogP contribution in [-0.4, -0.2) is 24.9 Å². The van der Waals surface area contributed by atoms with Crippen molar-refractivity contribution in [3.8, 4) is 0 Å². The quantitative estimate of drug-likeness (QED) is 0.363. The molecular weight excluding hydrogens is 256 g/mol. The molecule has 0 bridgehead atoms. The Balaban J connectivity index is 4.01. The molecule has 0 aliphatic carbocycles. The molecule has 0 saturated carbocycles. The van der Waals surface area contributed by atoms with E-state index in [0.717, 1.165) is 38.5 Å². The Morgan fingerprint density at radius 2 is 1.25 bits per heavy atom. The summed E-state index contributed by atoms with van der Waals surface area (Å²) in [6.45, 7) is 0.892. The summed E-state index contributed by atoms with van der Waals surface area (Å²) >= 11 is 0. The minimum absolute atomic E-state index is 0.247. The zero-order chi connectivity index (χ0) is 15.4. The van der Waals surface area contributed by atoms with Crippen molar-refractivity contribution in [2.75, 3.05) is 13.1 Å². The molecule has 0 aromatic carbocycles. The largest absolute Gasteiger partial charge is 0.370 e. The number of amides is 2. The first-order chi connectivity index (χ1) is 9.48. The van der Waals surface area contributed by atoms with Gasteiger partial charge in [0.2, 0.25) is 11.8 Å². The van der Waals surface area contributed by atoms with Gasteiger partial charge in [-0.2, -0.15) is 0 Å². The van der Waals surface area contributed by atoms with E-state index in [1.165, 1.54) is 0 Å². The molecule has 6 nitrogen and oxygen atoms in total. The molecule has 8 N–H and O–H groups in total. The monoisotopic (exact) mass is 286 g/mol. The normalized spacial score (nSPS) is 11.5. The topological polar surface area (TPSA) is 138 Å². The predicted octanol–water partition coefficient (Wildman–Crippen LogP) is 0.372. The van der Waals surface area contributed by atoms with Crippen molar-refractivity contribution in [1.29, 1.82) is 0 Å². The Morgan fingerprint density at radius 3 is 1.70 bits per heavy atom. The van der Waals surface area contributed by atoms with Gasteiger partial charge in [0, 0.05) is 6.42 Å². The van der Waals surface area contributed by atoms with Crippen LogP contribution in [0.1, 0.15) is 57.8 Å². The van der Waals surface area contributed by atoms with Crippen molar-refractivity contribution in [1.82, 2.24) is 0 Å². The maximum Gasteiger partial charge on any atom is 0.223 e. The van der Waals surface area contributed by atoms with Crippen molar-refractivity contribution in [3.05, 3.63) is 0 Å².